The molecule has 2 aromatic rings. The first-order chi connectivity index (χ1) is 8.56. The summed E-state index contributed by atoms with van der Waals surface area (Å²) in [6, 6.07) is 15.0. The second-order valence-electron chi connectivity index (χ2n) is 4.66. The van der Waals surface area contributed by atoms with Crippen LogP contribution in [0, 0.1) is 17.4 Å². The van der Waals surface area contributed by atoms with Gasteiger partial charge >= 0.3 is 0 Å². The number of rotatable bonds is 3. The molecule has 0 amide bonds. The highest BCUT2D eigenvalue weighted by molar-refractivity contribution is 14.1. The molecule has 2 rings (SSSR count). The highest BCUT2D eigenvalue weighted by atomic mass is 127. The van der Waals surface area contributed by atoms with E-state index >= 15 is 0 Å². The molecule has 0 aliphatic rings. The maximum Gasteiger partial charge on any atom is 0.0626 e. The molecule has 94 valence electrons. The molecule has 0 aromatic heterocycles. The normalized spacial score (nSPS) is 12.4. The van der Waals surface area contributed by atoms with Gasteiger partial charge in [0.15, 0.2) is 0 Å². The van der Waals surface area contributed by atoms with Crippen molar-refractivity contribution in [2.45, 2.75) is 25.6 Å². The highest BCUT2D eigenvalue weighted by Crippen LogP contribution is 2.27. The van der Waals surface area contributed by atoms with Crippen molar-refractivity contribution in [3.63, 3.8) is 0 Å². The fraction of sp³-hybridized carbons (Fsp3) is 0.250. The van der Waals surface area contributed by atoms with Gasteiger partial charge in [-0.05, 0) is 71.7 Å². The summed E-state index contributed by atoms with van der Waals surface area (Å²) in [5, 5.41) is 0.0419. The van der Waals surface area contributed by atoms with Crippen molar-refractivity contribution >= 4 is 34.2 Å². The highest BCUT2D eigenvalue weighted by Gasteiger charge is 2.11. The van der Waals surface area contributed by atoms with Gasteiger partial charge in [0.25, 0.3) is 0 Å². The quantitative estimate of drug-likeness (QED) is 0.499. The third kappa shape index (κ3) is 3.48. The van der Waals surface area contributed by atoms with Crippen molar-refractivity contribution < 1.29 is 0 Å². The molecule has 0 fully saturated rings. The van der Waals surface area contributed by atoms with Gasteiger partial charge in [-0.2, -0.15) is 0 Å². The van der Waals surface area contributed by atoms with Crippen LogP contribution in [0.15, 0.2) is 42.5 Å². The molecular formula is C16H16ClI. The Morgan fingerprint density at radius 1 is 1.11 bits per heavy atom. The van der Waals surface area contributed by atoms with Gasteiger partial charge in [-0.15, -0.1) is 11.6 Å². The lowest BCUT2D eigenvalue weighted by molar-refractivity contribution is 0.908. The second-order valence-corrected chi connectivity index (χ2v) is 6.43. The number of halogens is 2. The Labute approximate surface area is 128 Å². The van der Waals surface area contributed by atoms with Gasteiger partial charge in [0.05, 0.1) is 5.38 Å². The minimum Gasteiger partial charge on any atom is -0.117 e. The third-order valence-electron chi connectivity index (χ3n) is 3.11. The summed E-state index contributed by atoms with van der Waals surface area (Å²) < 4.78 is 1.23. The lowest BCUT2D eigenvalue weighted by Gasteiger charge is -2.13. The Bertz CT molecular complexity index is 549. The van der Waals surface area contributed by atoms with E-state index in [2.05, 4.69) is 78.9 Å². The Balaban J connectivity index is 2.21. The van der Waals surface area contributed by atoms with Crippen LogP contribution in [-0.2, 0) is 6.42 Å². The molecule has 0 aliphatic carbocycles. The van der Waals surface area contributed by atoms with Crippen LogP contribution in [0.3, 0.4) is 0 Å². The van der Waals surface area contributed by atoms with E-state index in [1.807, 2.05) is 0 Å². The van der Waals surface area contributed by atoms with Crippen LogP contribution >= 0.6 is 34.2 Å². The van der Waals surface area contributed by atoms with E-state index in [4.69, 9.17) is 11.6 Å². The van der Waals surface area contributed by atoms with Gasteiger partial charge < -0.3 is 0 Å². The molecule has 0 aliphatic heterocycles. The summed E-state index contributed by atoms with van der Waals surface area (Å²) in [7, 11) is 0. The van der Waals surface area contributed by atoms with Gasteiger partial charge in [0.1, 0.15) is 0 Å². The van der Waals surface area contributed by atoms with Crippen molar-refractivity contribution in [2.24, 2.45) is 0 Å². The van der Waals surface area contributed by atoms with E-state index in [0.29, 0.717) is 0 Å². The predicted molar refractivity (Wildman–Crippen MR) is 87.4 cm³/mol. The first kappa shape index (κ1) is 13.9. The van der Waals surface area contributed by atoms with Crippen LogP contribution in [0.5, 0.6) is 0 Å². The molecule has 0 heterocycles. The third-order valence-corrected chi connectivity index (χ3v) is 4.19. The summed E-state index contributed by atoms with van der Waals surface area (Å²) in [6.07, 6.45) is 0.884. The monoisotopic (exact) mass is 370 g/mol. The van der Waals surface area contributed by atoms with Crippen LogP contribution in [-0.4, -0.2) is 0 Å². The van der Waals surface area contributed by atoms with Crippen molar-refractivity contribution in [1.82, 2.24) is 0 Å². The molecule has 0 bridgehead atoms. The molecule has 1 atom stereocenters. The number of alkyl halides is 1. The molecule has 1 unspecified atom stereocenters. The number of hydrogen-bond donors (Lipinski definition) is 0. The Morgan fingerprint density at radius 3 is 2.61 bits per heavy atom. The first-order valence-corrected chi connectivity index (χ1v) is 7.53. The molecule has 0 nitrogen and oxygen atoms in total. The summed E-state index contributed by atoms with van der Waals surface area (Å²) in [4.78, 5) is 0. The van der Waals surface area contributed by atoms with Crippen LogP contribution in [0.1, 0.15) is 27.6 Å². The zero-order valence-corrected chi connectivity index (χ0v) is 13.5. The number of hydrogen-bond acceptors (Lipinski definition) is 0. The van der Waals surface area contributed by atoms with Crippen LogP contribution in [0.2, 0.25) is 0 Å². The Hall–Kier alpha value is -0.540. The van der Waals surface area contributed by atoms with Gasteiger partial charge in [0, 0.05) is 3.57 Å². The summed E-state index contributed by atoms with van der Waals surface area (Å²) in [6.45, 7) is 4.27. The lowest BCUT2D eigenvalue weighted by atomic mass is 9.98. The van der Waals surface area contributed by atoms with Crippen molar-refractivity contribution in [3.05, 3.63) is 68.3 Å². The minimum atomic E-state index is 0.0419. The Kier molecular flexibility index (Phi) is 4.68. The van der Waals surface area contributed by atoms with Gasteiger partial charge in [0.2, 0.25) is 0 Å². The van der Waals surface area contributed by atoms with E-state index in [1.165, 1.54) is 25.8 Å². The van der Waals surface area contributed by atoms with Crippen LogP contribution in [0.25, 0.3) is 0 Å². The smallest absolute Gasteiger partial charge is 0.0626 e. The van der Waals surface area contributed by atoms with E-state index in [9.17, 15) is 0 Å². The zero-order valence-electron chi connectivity index (χ0n) is 10.6. The van der Waals surface area contributed by atoms with E-state index in [-0.39, 0.29) is 5.38 Å². The SMILES string of the molecule is Cc1ccc(C)c(CC(Cl)c2cccc(I)c2)c1. The predicted octanol–water partition coefficient (Wildman–Crippen LogP) is 5.43. The zero-order chi connectivity index (χ0) is 13.1. The van der Waals surface area contributed by atoms with Crippen LogP contribution < -0.4 is 0 Å². The average Bonchev–Trinajstić information content (AvgIpc) is 2.34. The van der Waals surface area contributed by atoms with Crippen molar-refractivity contribution in [1.29, 1.82) is 0 Å². The summed E-state index contributed by atoms with van der Waals surface area (Å²) in [5.74, 6) is 0. The van der Waals surface area contributed by atoms with Crippen LogP contribution in [0.4, 0.5) is 0 Å². The minimum absolute atomic E-state index is 0.0419. The summed E-state index contributed by atoms with van der Waals surface area (Å²) >= 11 is 8.86. The molecule has 0 saturated heterocycles. The molecule has 0 saturated carbocycles. The van der Waals surface area contributed by atoms with E-state index < -0.39 is 0 Å². The second kappa shape index (κ2) is 6.07. The fourth-order valence-corrected chi connectivity index (χ4v) is 2.90. The van der Waals surface area contributed by atoms with Gasteiger partial charge in [-0.1, -0.05) is 35.9 Å². The molecule has 0 N–H and O–H groups in total. The molecule has 2 heteroatoms. The molecule has 0 radical (unpaired) electrons. The topological polar surface area (TPSA) is 0 Å². The summed E-state index contributed by atoms with van der Waals surface area (Å²) in [5.41, 5.74) is 5.15. The molecule has 2 aromatic carbocycles. The fourth-order valence-electron chi connectivity index (χ4n) is 2.03. The number of benzene rings is 2. The first-order valence-electron chi connectivity index (χ1n) is 6.02. The van der Waals surface area contributed by atoms with E-state index in [0.717, 1.165) is 6.42 Å². The lowest BCUT2D eigenvalue weighted by Crippen LogP contribution is -1.99. The number of aryl methyl sites for hydroxylation is 2. The van der Waals surface area contributed by atoms with Crippen molar-refractivity contribution in [3.8, 4) is 0 Å². The molecule has 18 heavy (non-hydrogen) atoms. The average molecular weight is 371 g/mol. The Morgan fingerprint density at radius 2 is 1.89 bits per heavy atom. The van der Waals surface area contributed by atoms with Gasteiger partial charge in [-0.3, -0.25) is 0 Å². The van der Waals surface area contributed by atoms with E-state index in [1.54, 1.807) is 0 Å². The van der Waals surface area contributed by atoms with Gasteiger partial charge in [-0.25, -0.2) is 0 Å². The maximum atomic E-state index is 6.53. The van der Waals surface area contributed by atoms with Crippen molar-refractivity contribution in [2.75, 3.05) is 0 Å². The molecular weight excluding hydrogens is 355 g/mol. The largest absolute Gasteiger partial charge is 0.117 e. The molecule has 0 spiro atoms. The standard InChI is InChI=1S/C16H16ClI/c1-11-6-7-12(2)14(8-11)10-16(17)13-4-3-5-15(18)9-13/h3-9,16H,10H2,1-2H3. The maximum absolute atomic E-state index is 6.53.